The van der Waals surface area contributed by atoms with E-state index >= 15 is 0 Å². The molecule has 1 aromatic rings. The first-order chi connectivity index (χ1) is 6.08. The minimum Gasteiger partial charge on any atom is -0.286 e. The molecule has 0 amide bonds. The molecule has 4 heteroatoms. The molecule has 1 N–H and O–H groups in total. The third-order valence-corrected chi connectivity index (χ3v) is 2.46. The average Bonchev–Trinajstić information content (AvgIpc) is 2.04. The maximum absolute atomic E-state index is 10.4. The average molecular weight is 199 g/mol. The molecule has 1 aromatic carbocycles. The maximum Gasteiger partial charge on any atom is 0.264 e. The van der Waals surface area contributed by atoms with E-state index in [1.807, 2.05) is 12.1 Å². The molecule has 0 aliphatic heterocycles. The largest absolute Gasteiger partial charge is 0.286 e. The van der Waals surface area contributed by atoms with E-state index in [1.165, 1.54) is 0 Å². The van der Waals surface area contributed by atoms with Crippen LogP contribution < -0.4 is 0 Å². The summed E-state index contributed by atoms with van der Waals surface area (Å²) in [6.45, 7) is 0. The number of aryl methyl sites for hydroxylation is 1. The van der Waals surface area contributed by atoms with Gasteiger partial charge in [0, 0.05) is 0 Å². The van der Waals surface area contributed by atoms with Crippen LogP contribution in [-0.2, 0) is 16.5 Å². The van der Waals surface area contributed by atoms with Crippen molar-refractivity contribution in [1.29, 1.82) is 0 Å². The molecular weight excluding hydrogens is 188 g/mol. The Bertz CT molecular complexity index is 342. The van der Waals surface area contributed by atoms with E-state index in [9.17, 15) is 8.42 Å². The first-order valence-corrected chi connectivity index (χ1v) is 5.59. The standard InChI is InChI=1S/C9H11O3S/c10-13(11,12)8-4-7-9-5-2-1-3-6-9/h2-3,5-6H,4,7-8H2,(H,10,11,12). The fourth-order valence-electron chi connectivity index (χ4n) is 1.05. The van der Waals surface area contributed by atoms with Crippen molar-refractivity contribution in [1.82, 2.24) is 0 Å². The highest BCUT2D eigenvalue weighted by atomic mass is 32.2. The molecular formula is C9H11O3S. The molecule has 1 rings (SSSR count). The van der Waals surface area contributed by atoms with Crippen molar-refractivity contribution in [2.24, 2.45) is 0 Å². The lowest BCUT2D eigenvalue weighted by molar-refractivity contribution is 0.481. The van der Waals surface area contributed by atoms with Gasteiger partial charge < -0.3 is 0 Å². The number of hydrogen-bond donors (Lipinski definition) is 1. The molecule has 0 saturated carbocycles. The van der Waals surface area contributed by atoms with E-state index < -0.39 is 10.1 Å². The van der Waals surface area contributed by atoms with Gasteiger partial charge in [0.05, 0.1) is 5.75 Å². The molecule has 0 atom stereocenters. The lowest BCUT2D eigenvalue weighted by atomic mass is 10.1. The predicted molar refractivity (Wildman–Crippen MR) is 50.0 cm³/mol. The van der Waals surface area contributed by atoms with Gasteiger partial charge in [-0.05, 0) is 24.5 Å². The molecule has 0 fully saturated rings. The molecule has 13 heavy (non-hydrogen) atoms. The van der Waals surface area contributed by atoms with Crippen molar-refractivity contribution < 1.29 is 13.0 Å². The van der Waals surface area contributed by atoms with E-state index in [-0.39, 0.29) is 5.75 Å². The molecule has 0 heterocycles. The highest BCUT2D eigenvalue weighted by Crippen LogP contribution is 2.02. The summed E-state index contributed by atoms with van der Waals surface area (Å²) in [4.78, 5) is 0. The number of hydrogen-bond acceptors (Lipinski definition) is 2. The van der Waals surface area contributed by atoms with Gasteiger partial charge in [-0.25, -0.2) is 0 Å². The Morgan fingerprint density at radius 1 is 1.31 bits per heavy atom. The summed E-state index contributed by atoms with van der Waals surface area (Å²) >= 11 is 0. The van der Waals surface area contributed by atoms with Gasteiger partial charge in [0.1, 0.15) is 0 Å². The summed E-state index contributed by atoms with van der Waals surface area (Å²) in [6.07, 6.45) is 1.11. The van der Waals surface area contributed by atoms with Gasteiger partial charge in [0.2, 0.25) is 0 Å². The van der Waals surface area contributed by atoms with Crippen LogP contribution >= 0.6 is 0 Å². The third kappa shape index (κ3) is 4.65. The summed E-state index contributed by atoms with van der Waals surface area (Å²) in [7, 11) is -3.80. The van der Waals surface area contributed by atoms with Gasteiger partial charge in [0.25, 0.3) is 10.1 Å². The monoisotopic (exact) mass is 199 g/mol. The van der Waals surface area contributed by atoms with Gasteiger partial charge in [-0.1, -0.05) is 24.3 Å². The predicted octanol–water partition coefficient (Wildman–Crippen LogP) is 1.31. The van der Waals surface area contributed by atoms with Crippen LogP contribution in [0, 0.1) is 6.07 Å². The highest BCUT2D eigenvalue weighted by molar-refractivity contribution is 7.85. The van der Waals surface area contributed by atoms with Gasteiger partial charge in [0.15, 0.2) is 0 Å². The Morgan fingerprint density at radius 2 is 1.92 bits per heavy atom. The van der Waals surface area contributed by atoms with Crippen LogP contribution in [0.1, 0.15) is 12.0 Å². The first kappa shape index (κ1) is 10.2. The summed E-state index contributed by atoms with van der Waals surface area (Å²) in [6, 6.07) is 10.2. The van der Waals surface area contributed by atoms with Gasteiger partial charge in [-0.15, -0.1) is 0 Å². The summed E-state index contributed by atoms with van der Waals surface area (Å²) in [5.74, 6) is -0.175. The van der Waals surface area contributed by atoms with Crippen molar-refractivity contribution in [3.8, 4) is 0 Å². The zero-order valence-corrected chi connectivity index (χ0v) is 7.92. The molecule has 3 nitrogen and oxygen atoms in total. The normalized spacial score (nSPS) is 11.5. The number of rotatable bonds is 4. The Balaban J connectivity index is 2.37. The molecule has 0 aromatic heterocycles. The minimum atomic E-state index is -3.80. The van der Waals surface area contributed by atoms with Gasteiger partial charge >= 0.3 is 0 Å². The molecule has 0 unspecified atom stereocenters. The topological polar surface area (TPSA) is 54.4 Å². The van der Waals surface area contributed by atoms with Crippen LogP contribution in [0.4, 0.5) is 0 Å². The minimum absolute atomic E-state index is 0.175. The van der Waals surface area contributed by atoms with Crippen molar-refractivity contribution in [2.75, 3.05) is 5.75 Å². The van der Waals surface area contributed by atoms with Crippen LogP contribution in [-0.4, -0.2) is 18.7 Å². The Hall–Kier alpha value is -0.870. The Labute approximate surface area is 78.2 Å². The molecule has 0 bridgehead atoms. The van der Waals surface area contributed by atoms with Gasteiger partial charge in [-0.2, -0.15) is 8.42 Å². The molecule has 71 valence electrons. The van der Waals surface area contributed by atoms with Crippen molar-refractivity contribution in [3.05, 3.63) is 35.9 Å². The Morgan fingerprint density at radius 3 is 2.46 bits per heavy atom. The second-order valence-corrected chi connectivity index (χ2v) is 4.37. The van der Waals surface area contributed by atoms with Crippen LogP contribution in [0.5, 0.6) is 0 Å². The van der Waals surface area contributed by atoms with Crippen molar-refractivity contribution in [2.45, 2.75) is 12.8 Å². The van der Waals surface area contributed by atoms with Gasteiger partial charge in [-0.3, -0.25) is 4.55 Å². The first-order valence-electron chi connectivity index (χ1n) is 3.98. The van der Waals surface area contributed by atoms with Crippen LogP contribution in [0.3, 0.4) is 0 Å². The van der Waals surface area contributed by atoms with E-state index in [4.69, 9.17) is 4.55 Å². The lowest BCUT2D eigenvalue weighted by Gasteiger charge is -1.98. The Kier molecular flexibility index (Phi) is 3.45. The molecule has 0 spiro atoms. The second kappa shape index (κ2) is 4.39. The van der Waals surface area contributed by atoms with Crippen LogP contribution in [0.25, 0.3) is 0 Å². The second-order valence-electron chi connectivity index (χ2n) is 2.80. The van der Waals surface area contributed by atoms with E-state index in [2.05, 4.69) is 6.07 Å². The molecule has 1 radical (unpaired) electrons. The fraction of sp³-hybridized carbons (Fsp3) is 0.333. The van der Waals surface area contributed by atoms with Crippen LogP contribution in [0.15, 0.2) is 24.3 Å². The summed E-state index contributed by atoms with van der Waals surface area (Å²) in [5.41, 5.74) is 1.06. The van der Waals surface area contributed by atoms with Crippen molar-refractivity contribution in [3.63, 3.8) is 0 Å². The van der Waals surface area contributed by atoms with E-state index in [0.29, 0.717) is 12.8 Å². The lowest BCUT2D eigenvalue weighted by Crippen LogP contribution is -2.04. The quantitative estimate of drug-likeness (QED) is 0.744. The van der Waals surface area contributed by atoms with E-state index in [0.717, 1.165) is 5.56 Å². The molecule has 0 saturated heterocycles. The van der Waals surface area contributed by atoms with E-state index in [1.54, 1.807) is 12.1 Å². The van der Waals surface area contributed by atoms with Crippen molar-refractivity contribution >= 4 is 10.1 Å². The highest BCUT2D eigenvalue weighted by Gasteiger charge is 2.03. The zero-order chi connectivity index (χ0) is 9.73. The molecule has 0 aliphatic rings. The SMILES string of the molecule is O=S(=O)(O)CCCc1cc[c]cc1. The fourth-order valence-corrected chi connectivity index (χ4v) is 1.56. The number of benzene rings is 1. The summed E-state index contributed by atoms with van der Waals surface area (Å²) in [5, 5.41) is 0. The smallest absolute Gasteiger partial charge is 0.264 e. The zero-order valence-electron chi connectivity index (χ0n) is 7.10. The third-order valence-electron chi connectivity index (χ3n) is 1.66. The maximum atomic E-state index is 10.4. The van der Waals surface area contributed by atoms with Crippen LogP contribution in [0.2, 0.25) is 0 Å². The summed E-state index contributed by atoms with van der Waals surface area (Å²) < 4.78 is 29.2. The molecule has 0 aliphatic carbocycles.